The Morgan fingerprint density at radius 3 is 2.15 bits per heavy atom. The van der Waals surface area contributed by atoms with Gasteiger partial charge in [-0.25, -0.2) is 0 Å². The average Bonchev–Trinajstić information content (AvgIpc) is 2.46. The molecule has 0 aliphatic carbocycles. The molecule has 0 atom stereocenters. The zero-order valence-corrected chi connectivity index (χ0v) is 11.8. The van der Waals surface area contributed by atoms with Crippen LogP contribution in [0.2, 0.25) is 0 Å². The van der Waals surface area contributed by atoms with E-state index < -0.39 is 0 Å². The van der Waals surface area contributed by atoms with E-state index in [-0.39, 0.29) is 5.78 Å². The van der Waals surface area contributed by atoms with Gasteiger partial charge in [0.25, 0.3) is 0 Å². The first-order valence-electron chi connectivity index (χ1n) is 6.74. The van der Waals surface area contributed by atoms with Crippen molar-refractivity contribution in [3.63, 3.8) is 0 Å². The fraction of sp³-hybridized carbons (Fsp3) is 0.167. The molecule has 2 N–H and O–H groups in total. The third-order valence-electron chi connectivity index (χ3n) is 3.23. The SMILES string of the molecule is CC(C)c1ccc(C(=O)/C=C/c2ccc(N)cc2)cc1. The van der Waals surface area contributed by atoms with Crippen molar-refractivity contribution in [3.05, 3.63) is 71.3 Å². The van der Waals surface area contributed by atoms with Gasteiger partial charge in [-0.1, -0.05) is 56.3 Å². The molecular weight excluding hydrogens is 246 g/mol. The molecule has 2 aromatic carbocycles. The minimum Gasteiger partial charge on any atom is -0.399 e. The molecule has 0 fully saturated rings. The Morgan fingerprint density at radius 2 is 1.60 bits per heavy atom. The zero-order valence-electron chi connectivity index (χ0n) is 11.8. The second kappa shape index (κ2) is 6.20. The molecule has 2 heteroatoms. The van der Waals surface area contributed by atoms with Crippen LogP contribution in [0.5, 0.6) is 0 Å². The van der Waals surface area contributed by atoms with Crippen LogP contribution < -0.4 is 5.73 Å². The van der Waals surface area contributed by atoms with E-state index in [1.807, 2.05) is 48.5 Å². The zero-order chi connectivity index (χ0) is 14.5. The van der Waals surface area contributed by atoms with E-state index in [0.717, 1.165) is 11.3 Å². The molecule has 2 rings (SSSR count). The summed E-state index contributed by atoms with van der Waals surface area (Å²) in [5.74, 6) is 0.488. The van der Waals surface area contributed by atoms with Gasteiger partial charge < -0.3 is 5.73 Å². The van der Waals surface area contributed by atoms with Gasteiger partial charge in [-0.15, -0.1) is 0 Å². The van der Waals surface area contributed by atoms with E-state index in [1.165, 1.54) is 5.56 Å². The molecule has 102 valence electrons. The van der Waals surface area contributed by atoms with Gasteiger partial charge in [-0.05, 0) is 35.3 Å². The molecule has 0 radical (unpaired) electrons. The number of carbonyl (C=O) groups excluding carboxylic acids is 1. The summed E-state index contributed by atoms with van der Waals surface area (Å²) >= 11 is 0. The van der Waals surface area contributed by atoms with Gasteiger partial charge in [-0.3, -0.25) is 4.79 Å². The molecule has 0 aliphatic rings. The number of hydrogen-bond acceptors (Lipinski definition) is 2. The molecule has 2 aromatic rings. The van der Waals surface area contributed by atoms with Gasteiger partial charge in [0, 0.05) is 11.3 Å². The molecule has 0 saturated carbocycles. The first-order chi connectivity index (χ1) is 9.56. The monoisotopic (exact) mass is 265 g/mol. The summed E-state index contributed by atoms with van der Waals surface area (Å²) in [6.45, 7) is 4.27. The van der Waals surface area contributed by atoms with Gasteiger partial charge in [0.2, 0.25) is 0 Å². The lowest BCUT2D eigenvalue weighted by Gasteiger charge is -2.05. The second-order valence-electron chi connectivity index (χ2n) is 5.14. The molecule has 0 bridgehead atoms. The standard InChI is InChI=1S/C18H19NO/c1-13(2)15-6-8-16(9-7-15)18(20)12-5-14-3-10-17(19)11-4-14/h3-13H,19H2,1-2H3/b12-5+. The van der Waals surface area contributed by atoms with Gasteiger partial charge in [0.1, 0.15) is 0 Å². The largest absolute Gasteiger partial charge is 0.399 e. The molecule has 0 spiro atoms. The van der Waals surface area contributed by atoms with E-state index in [9.17, 15) is 4.79 Å². The van der Waals surface area contributed by atoms with Crippen LogP contribution in [-0.2, 0) is 0 Å². The predicted molar refractivity (Wildman–Crippen MR) is 84.7 cm³/mol. The first kappa shape index (κ1) is 14.1. The highest BCUT2D eigenvalue weighted by molar-refractivity contribution is 6.06. The topological polar surface area (TPSA) is 43.1 Å². The maximum absolute atomic E-state index is 12.1. The summed E-state index contributed by atoms with van der Waals surface area (Å²) in [6.07, 6.45) is 3.40. The molecule has 0 aliphatic heterocycles. The number of nitrogen functional groups attached to an aromatic ring is 1. The van der Waals surface area contributed by atoms with E-state index in [0.29, 0.717) is 11.5 Å². The fourth-order valence-corrected chi connectivity index (χ4v) is 1.91. The molecule has 20 heavy (non-hydrogen) atoms. The summed E-state index contributed by atoms with van der Waals surface area (Å²) in [4.78, 5) is 12.1. The van der Waals surface area contributed by atoms with Crippen LogP contribution in [0.15, 0.2) is 54.6 Å². The van der Waals surface area contributed by atoms with Crippen LogP contribution in [0.4, 0.5) is 5.69 Å². The van der Waals surface area contributed by atoms with Crippen LogP contribution in [0.25, 0.3) is 6.08 Å². The number of benzene rings is 2. The lowest BCUT2D eigenvalue weighted by Crippen LogP contribution is -1.95. The van der Waals surface area contributed by atoms with Gasteiger partial charge in [0.15, 0.2) is 5.78 Å². The summed E-state index contributed by atoms with van der Waals surface area (Å²) in [6, 6.07) is 15.2. The average molecular weight is 265 g/mol. The number of anilines is 1. The number of ketones is 1. The summed E-state index contributed by atoms with van der Waals surface area (Å²) in [5.41, 5.74) is 9.25. The van der Waals surface area contributed by atoms with Gasteiger partial charge in [0.05, 0.1) is 0 Å². The van der Waals surface area contributed by atoms with E-state index in [2.05, 4.69) is 13.8 Å². The molecule has 0 unspecified atom stereocenters. The Kier molecular flexibility index (Phi) is 4.36. The van der Waals surface area contributed by atoms with Crippen LogP contribution in [-0.4, -0.2) is 5.78 Å². The smallest absolute Gasteiger partial charge is 0.185 e. The maximum atomic E-state index is 12.1. The minimum atomic E-state index is 0.0112. The molecule has 2 nitrogen and oxygen atoms in total. The van der Waals surface area contributed by atoms with Crippen LogP contribution in [0.3, 0.4) is 0 Å². The maximum Gasteiger partial charge on any atom is 0.185 e. The summed E-state index contributed by atoms with van der Waals surface area (Å²) in [5, 5.41) is 0. The third kappa shape index (κ3) is 3.58. The Morgan fingerprint density at radius 1 is 1.00 bits per heavy atom. The molecule has 0 amide bonds. The van der Waals surface area contributed by atoms with Crippen LogP contribution in [0, 0.1) is 0 Å². The van der Waals surface area contributed by atoms with Crippen molar-refractivity contribution < 1.29 is 4.79 Å². The Balaban J connectivity index is 2.09. The van der Waals surface area contributed by atoms with Crippen molar-refractivity contribution in [2.45, 2.75) is 19.8 Å². The highest BCUT2D eigenvalue weighted by Crippen LogP contribution is 2.15. The number of allylic oxidation sites excluding steroid dienone is 1. The lowest BCUT2D eigenvalue weighted by molar-refractivity contribution is 0.104. The fourth-order valence-electron chi connectivity index (χ4n) is 1.91. The van der Waals surface area contributed by atoms with Gasteiger partial charge in [-0.2, -0.15) is 0 Å². The number of hydrogen-bond donors (Lipinski definition) is 1. The Bertz CT molecular complexity index is 607. The second-order valence-corrected chi connectivity index (χ2v) is 5.14. The number of nitrogens with two attached hydrogens (primary N) is 1. The van der Waals surface area contributed by atoms with Crippen molar-refractivity contribution in [1.29, 1.82) is 0 Å². The van der Waals surface area contributed by atoms with Crippen LogP contribution in [0.1, 0.15) is 41.3 Å². The van der Waals surface area contributed by atoms with E-state index >= 15 is 0 Å². The number of carbonyl (C=O) groups is 1. The Hall–Kier alpha value is -2.35. The molecule has 0 heterocycles. The lowest BCUT2D eigenvalue weighted by atomic mass is 10.0. The predicted octanol–water partition coefficient (Wildman–Crippen LogP) is 4.29. The highest BCUT2D eigenvalue weighted by Gasteiger charge is 2.03. The molecule has 0 aromatic heterocycles. The van der Waals surface area contributed by atoms with Crippen molar-refractivity contribution in [2.75, 3.05) is 5.73 Å². The van der Waals surface area contributed by atoms with Crippen molar-refractivity contribution >= 4 is 17.5 Å². The van der Waals surface area contributed by atoms with Crippen molar-refractivity contribution in [1.82, 2.24) is 0 Å². The van der Waals surface area contributed by atoms with E-state index in [1.54, 1.807) is 12.2 Å². The minimum absolute atomic E-state index is 0.0112. The third-order valence-corrected chi connectivity index (χ3v) is 3.23. The quantitative estimate of drug-likeness (QED) is 0.509. The van der Waals surface area contributed by atoms with E-state index in [4.69, 9.17) is 5.73 Å². The normalized spacial score (nSPS) is 11.2. The summed E-state index contributed by atoms with van der Waals surface area (Å²) in [7, 11) is 0. The first-order valence-corrected chi connectivity index (χ1v) is 6.74. The molecular formula is C18H19NO. The van der Waals surface area contributed by atoms with Crippen molar-refractivity contribution in [2.24, 2.45) is 0 Å². The summed E-state index contributed by atoms with van der Waals surface area (Å²) < 4.78 is 0. The van der Waals surface area contributed by atoms with Gasteiger partial charge >= 0.3 is 0 Å². The molecule has 0 saturated heterocycles. The highest BCUT2D eigenvalue weighted by atomic mass is 16.1. The number of rotatable bonds is 4. The van der Waals surface area contributed by atoms with Crippen LogP contribution >= 0.6 is 0 Å². The van der Waals surface area contributed by atoms with Crippen molar-refractivity contribution in [3.8, 4) is 0 Å². The Labute approximate surface area is 119 Å².